The molecule has 1 aromatic carbocycles. The van der Waals surface area contributed by atoms with E-state index in [0.29, 0.717) is 0 Å². The van der Waals surface area contributed by atoms with Crippen LogP contribution in [0.5, 0.6) is 0 Å². The van der Waals surface area contributed by atoms with Gasteiger partial charge in [-0.05, 0) is 25.5 Å². The molecule has 0 heterocycles. The molecule has 2 N–H and O–H groups in total. The van der Waals surface area contributed by atoms with Crippen LogP contribution in [0.3, 0.4) is 0 Å². The molecule has 0 radical (unpaired) electrons. The third-order valence-corrected chi connectivity index (χ3v) is 3.23. The van der Waals surface area contributed by atoms with Gasteiger partial charge in [0.15, 0.2) is 0 Å². The maximum atomic E-state index is 13.4. The summed E-state index contributed by atoms with van der Waals surface area (Å²) in [6.07, 6.45) is 3.30. The number of benzene rings is 1. The van der Waals surface area contributed by atoms with E-state index < -0.39 is 17.7 Å². The van der Waals surface area contributed by atoms with E-state index in [2.05, 4.69) is 12.2 Å². The van der Waals surface area contributed by atoms with Crippen molar-refractivity contribution in [2.45, 2.75) is 51.7 Å². The fourth-order valence-corrected chi connectivity index (χ4v) is 2.05. The molecule has 0 aromatic heterocycles. The second kappa shape index (κ2) is 8.23. The molecule has 0 fully saturated rings. The van der Waals surface area contributed by atoms with Gasteiger partial charge in [-0.15, -0.1) is 0 Å². The van der Waals surface area contributed by atoms with Gasteiger partial charge in [0.25, 0.3) is 0 Å². The molecule has 0 aliphatic heterocycles. The largest absolute Gasteiger partial charge is 0.387 e. The van der Waals surface area contributed by atoms with Crippen LogP contribution in [-0.4, -0.2) is 17.7 Å². The van der Waals surface area contributed by atoms with Gasteiger partial charge in [-0.2, -0.15) is 0 Å². The third kappa shape index (κ3) is 5.25. The second-order valence-electron chi connectivity index (χ2n) is 4.96. The maximum Gasteiger partial charge on any atom is 0.131 e. The molecule has 19 heavy (non-hydrogen) atoms. The molecule has 1 rings (SSSR count). The zero-order valence-electron chi connectivity index (χ0n) is 11.6. The van der Waals surface area contributed by atoms with Crippen LogP contribution in [-0.2, 0) is 0 Å². The molecule has 108 valence electrons. The lowest BCUT2D eigenvalue weighted by Crippen LogP contribution is -2.31. The van der Waals surface area contributed by atoms with Gasteiger partial charge in [-0.25, -0.2) is 8.78 Å². The summed E-state index contributed by atoms with van der Waals surface area (Å²) >= 11 is 0. The summed E-state index contributed by atoms with van der Waals surface area (Å²) < 4.78 is 26.9. The predicted octanol–water partition coefficient (Wildman–Crippen LogP) is 3.56. The van der Waals surface area contributed by atoms with Gasteiger partial charge in [-0.3, -0.25) is 0 Å². The van der Waals surface area contributed by atoms with Crippen molar-refractivity contribution in [1.82, 2.24) is 5.32 Å². The minimum atomic E-state index is -1.16. The highest BCUT2D eigenvalue weighted by molar-refractivity contribution is 5.22. The fourth-order valence-electron chi connectivity index (χ4n) is 2.05. The lowest BCUT2D eigenvalue weighted by atomic mass is 10.1. The van der Waals surface area contributed by atoms with Crippen LogP contribution in [0.4, 0.5) is 8.78 Å². The van der Waals surface area contributed by atoms with Crippen LogP contribution in [0.1, 0.15) is 51.2 Å². The highest BCUT2D eigenvalue weighted by atomic mass is 19.1. The summed E-state index contributed by atoms with van der Waals surface area (Å²) in [5.74, 6) is -1.40. The molecule has 2 atom stereocenters. The number of nitrogens with one attached hydrogen (secondary N) is 1. The highest BCUT2D eigenvalue weighted by Crippen LogP contribution is 2.20. The number of aliphatic hydroxyl groups excluding tert-OH is 1. The average Bonchev–Trinajstić information content (AvgIpc) is 2.36. The van der Waals surface area contributed by atoms with Crippen molar-refractivity contribution >= 4 is 0 Å². The van der Waals surface area contributed by atoms with E-state index in [1.165, 1.54) is 12.5 Å². The van der Waals surface area contributed by atoms with Gasteiger partial charge in [-0.1, -0.05) is 32.3 Å². The molecule has 0 aliphatic carbocycles. The first kappa shape index (κ1) is 16.1. The molecule has 4 heteroatoms. The summed E-state index contributed by atoms with van der Waals surface area (Å²) in [4.78, 5) is 0. The number of hydrogen-bond donors (Lipinski definition) is 2. The van der Waals surface area contributed by atoms with Gasteiger partial charge < -0.3 is 10.4 Å². The fraction of sp³-hybridized carbons (Fsp3) is 0.600. The van der Waals surface area contributed by atoms with Crippen LogP contribution < -0.4 is 5.32 Å². The van der Waals surface area contributed by atoms with Gasteiger partial charge in [0.2, 0.25) is 0 Å². The van der Waals surface area contributed by atoms with Crippen molar-refractivity contribution in [3.8, 4) is 0 Å². The molecule has 2 unspecified atom stereocenters. The summed E-state index contributed by atoms with van der Waals surface area (Å²) in [5.41, 5.74) is -0.254. The molecule has 2 nitrogen and oxygen atoms in total. The summed E-state index contributed by atoms with van der Waals surface area (Å²) in [6.45, 7) is 4.31. The van der Waals surface area contributed by atoms with Crippen molar-refractivity contribution in [3.05, 3.63) is 35.4 Å². The van der Waals surface area contributed by atoms with E-state index in [-0.39, 0.29) is 18.2 Å². The molecule has 0 saturated carbocycles. The smallest absolute Gasteiger partial charge is 0.131 e. The Hall–Kier alpha value is -1.00. The zero-order valence-corrected chi connectivity index (χ0v) is 11.6. The first-order chi connectivity index (χ1) is 9.06. The topological polar surface area (TPSA) is 32.3 Å². The first-order valence-corrected chi connectivity index (χ1v) is 6.91. The number of unbranched alkanes of at least 4 members (excludes halogenated alkanes) is 2. The zero-order chi connectivity index (χ0) is 14.3. The SMILES string of the molecule is CCCCCC(C)NCC(O)c1c(F)cccc1F. The van der Waals surface area contributed by atoms with E-state index in [0.717, 1.165) is 31.4 Å². The number of aliphatic hydroxyl groups is 1. The van der Waals surface area contributed by atoms with E-state index in [4.69, 9.17) is 0 Å². The van der Waals surface area contributed by atoms with Crippen LogP contribution in [0, 0.1) is 11.6 Å². The quantitative estimate of drug-likeness (QED) is 0.709. The second-order valence-corrected chi connectivity index (χ2v) is 4.96. The van der Waals surface area contributed by atoms with Crippen LogP contribution in [0.15, 0.2) is 18.2 Å². The molecule has 0 aliphatic rings. The Bertz CT molecular complexity index is 364. The van der Waals surface area contributed by atoms with Crippen molar-refractivity contribution in [2.75, 3.05) is 6.54 Å². The lowest BCUT2D eigenvalue weighted by molar-refractivity contribution is 0.160. The van der Waals surface area contributed by atoms with E-state index in [1.807, 2.05) is 6.92 Å². The Labute approximate surface area is 113 Å². The Morgan fingerprint density at radius 1 is 1.21 bits per heavy atom. The first-order valence-electron chi connectivity index (χ1n) is 6.91. The van der Waals surface area contributed by atoms with Gasteiger partial charge in [0.1, 0.15) is 11.6 Å². The normalized spacial score (nSPS) is 14.4. The van der Waals surface area contributed by atoms with E-state index >= 15 is 0 Å². The molecule has 0 spiro atoms. The van der Waals surface area contributed by atoms with E-state index in [9.17, 15) is 13.9 Å². The molecule has 0 amide bonds. The average molecular weight is 271 g/mol. The Balaban J connectivity index is 2.44. The Morgan fingerprint density at radius 2 is 1.84 bits per heavy atom. The molecular weight excluding hydrogens is 248 g/mol. The van der Waals surface area contributed by atoms with Crippen molar-refractivity contribution < 1.29 is 13.9 Å². The van der Waals surface area contributed by atoms with Crippen LogP contribution >= 0.6 is 0 Å². The number of hydrogen-bond acceptors (Lipinski definition) is 2. The standard InChI is InChI=1S/C15H23F2NO/c1-3-4-5-7-11(2)18-10-14(19)15-12(16)8-6-9-13(15)17/h6,8-9,11,14,18-19H,3-5,7,10H2,1-2H3. The summed E-state index contributed by atoms with van der Waals surface area (Å²) in [6, 6.07) is 3.84. The van der Waals surface area contributed by atoms with Gasteiger partial charge in [0, 0.05) is 12.6 Å². The number of rotatable bonds is 8. The molecular formula is C15H23F2NO. The van der Waals surface area contributed by atoms with Gasteiger partial charge in [0.05, 0.1) is 11.7 Å². The van der Waals surface area contributed by atoms with E-state index in [1.54, 1.807) is 0 Å². The molecule has 0 bridgehead atoms. The summed E-state index contributed by atoms with van der Waals surface area (Å²) in [7, 11) is 0. The third-order valence-electron chi connectivity index (χ3n) is 3.23. The minimum absolute atomic E-state index is 0.158. The number of halogens is 2. The lowest BCUT2D eigenvalue weighted by Gasteiger charge is -2.18. The van der Waals surface area contributed by atoms with Crippen LogP contribution in [0.2, 0.25) is 0 Å². The Morgan fingerprint density at radius 3 is 2.42 bits per heavy atom. The Kier molecular flexibility index (Phi) is 6.95. The molecule has 0 saturated heterocycles. The monoisotopic (exact) mass is 271 g/mol. The maximum absolute atomic E-state index is 13.4. The predicted molar refractivity (Wildman–Crippen MR) is 72.9 cm³/mol. The summed E-state index contributed by atoms with van der Waals surface area (Å²) in [5, 5.41) is 13.0. The van der Waals surface area contributed by atoms with Crippen LogP contribution in [0.25, 0.3) is 0 Å². The van der Waals surface area contributed by atoms with Crippen molar-refractivity contribution in [1.29, 1.82) is 0 Å². The van der Waals surface area contributed by atoms with Crippen molar-refractivity contribution in [2.24, 2.45) is 0 Å². The van der Waals surface area contributed by atoms with Crippen molar-refractivity contribution in [3.63, 3.8) is 0 Å². The van der Waals surface area contributed by atoms with Gasteiger partial charge >= 0.3 is 0 Å². The molecule has 1 aromatic rings. The highest BCUT2D eigenvalue weighted by Gasteiger charge is 2.17. The minimum Gasteiger partial charge on any atom is -0.387 e.